The van der Waals surface area contributed by atoms with Gasteiger partial charge in [0.25, 0.3) is 5.91 Å². The van der Waals surface area contributed by atoms with Gasteiger partial charge in [0.05, 0.1) is 27.0 Å². The van der Waals surface area contributed by atoms with E-state index >= 15 is 0 Å². The molecule has 0 radical (unpaired) electrons. The van der Waals surface area contributed by atoms with Gasteiger partial charge in [0.2, 0.25) is 5.75 Å². The molecule has 152 valence electrons. The van der Waals surface area contributed by atoms with Gasteiger partial charge in [-0.15, -0.1) is 11.8 Å². The fraction of sp³-hybridized carbons (Fsp3) is 0.300. The Kier molecular flexibility index (Phi) is 4.99. The Hall–Kier alpha value is -2.94. The van der Waals surface area contributed by atoms with Crippen LogP contribution in [0.4, 0.5) is 14.9 Å². The number of amides is 3. The fourth-order valence-corrected chi connectivity index (χ4v) is 5.01. The van der Waals surface area contributed by atoms with Crippen molar-refractivity contribution in [3.05, 3.63) is 47.8 Å². The van der Waals surface area contributed by atoms with Crippen molar-refractivity contribution in [2.45, 2.75) is 11.4 Å². The van der Waals surface area contributed by atoms with Crippen LogP contribution in [-0.4, -0.2) is 50.0 Å². The van der Waals surface area contributed by atoms with Crippen molar-refractivity contribution in [2.75, 3.05) is 32.0 Å². The summed E-state index contributed by atoms with van der Waals surface area (Å²) in [6, 6.07) is 7.84. The first-order valence-corrected chi connectivity index (χ1v) is 9.88. The molecule has 0 spiro atoms. The zero-order chi connectivity index (χ0) is 20.7. The molecule has 29 heavy (non-hydrogen) atoms. The first kappa shape index (κ1) is 19.4. The molecule has 2 aliphatic rings. The van der Waals surface area contributed by atoms with Crippen molar-refractivity contribution in [1.82, 2.24) is 4.90 Å². The lowest BCUT2D eigenvalue weighted by molar-refractivity contribution is -0.119. The second-order valence-electron chi connectivity index (χ2n) is 6.50. The zero-order valence-electron chi connectivity index (χ0n) is 16.0. The minimum atomic E-state index is -0.582. The number of hydrogen-bond acceptors (Lipinski definition) is 6. The van der Waals surface area contributed by atoms with E-state index < -0.39 is 23.3 Å². The van der Waals surface area contributed by atoms with Crippen LogP contribution in [0, 0.1) is 5.82 Å². The van der Waals surface area contributed by atoms with Crippen molar-refractivity contribution in [3.63, 3.8) is 0 Å². The molecule has 3 amide bonds. The second kappa shape index (κ2) is 7.47. The number of halogens is 1. The molecule has 0 saturated carbocycles. The molecule has 0 N–H and O–H groups in total. The van der Waals surface area contributed by atoms with Crippen molar-refractivity contribution < 1.29 is 28.2 Å². The molecule has 0 aromatic heterocycles. The summed E-state index contributed by atoms with van der Waals surface area (Å²) in [4.78, 5) is 28.7. The minimum absolute atomic E-state index is 0.316. The Morgan fingerprint density at radius 3 is 2.17 bits per heavy atom. The molecule has 2 fully saturated rings. The molecule has 2 heterocycles. The van der Waals surface area contributed by atoms with E-state index in [0.717, 1.165) is 10.5 Å². The number of thioether (sulfide) groups is 1. The van der Waals surface area contributed by atoms with Gasteiger partial charge in [0, 0.05) is 5.75 Å². The fourth-order valence-electron chi connectivity index (χ4n) is 3.62. The first-order chi connectivity index (χ1) is 14.0. The highest BCUT2D eigenvalue weighted by Gasteiger charge is 2.53. The monoisotopic (exact) mass is 418 g/mol. The summed E-state index contributed by atoms with van der Waals surface area (Å²) < 4.78 is 29.4. The second-order valence-corrected chi connectivity index (χ2v) is 7.61. The third-order valence-electron chi connectivity index (χ3n) is 4.98. The number of anilines is 1. The molecule has 4 rings (SSSR count). The summed E-state index contributed by atoms with van der Waals surface area (Å²) in [5.41, 5.74) is 1.11. The number of ether oxygens (including phenoxy) is 3. The molecule has 0 aliphatic carbocycles. The maximum atomic E-state index is 13.3. The normalized spacial score (nSPS) is 20.8. The van der Waals surface area contributed by atoms with Crippen molar-refractivity contribution in [3.8, 4) is 17.2 Å². The molecule has 9 heteroatoms. The van der Waals surface area contributed by atoms with Crippen LogP contribution in [0.2, 0.25) is 0 Å². The minimum Gasteiger partial charge on any atom is -0.493 e. The number of rotatable bonds is 5. The van der Waals surface area contributed by atoms with Gasteiger partial charge in [0.15, 0.2) is 11.5 Å². The van der Waals surface area contributed by atoms with E-state index in [-0.39, 0.29) is 5.91 Å². The van der Waals surface area contributed by atoms with Crippen LogP contribution in [0.1, 0.15) is 10.9 Å². The number of benzene rings is 2. The number of nitrogens with zero attached hydrogens (tertiary/aromatic N) is 2. The van der Waals surface area contributed by atoms with E-state index in [1.807, 2.05) is 0 Å². The summed E-state index contributed by atoms with van der Waals surface area (Å²) in [7, 11) is 4.56. The van der Waals surface area contributed by atoms with Crippen LogP contribution in [0.25, 0.3) is 0 Å². The summed E-state index contributed by atoms with van der Waals surface area (Å²) in [5, 5.41) is -0.393. The van der Waals surface area contributed by atoms with Crippen LogP contribution in [-0.2, 0) is 4.79 Å². The van der Waals surface area contributed by atoms with Crippen LogP contribution in [0.5, 0.6) is 17.2 Å². The number of imide groups is 1. The Bertz CT molecular complexity index is 943. The van der Waals surface area contributed by atoms with Gasteiger partial charge in [-0.2, -0.15) is 0 Å². The van der Waals surface area contributed by atoms with Gasteiger partial charge >= 0.3 is 6.03 Å². The maximum absolute atomic E-state index is 13.3. The number of methoxy groups -OCH3 is 3. The molecule has 0 bridgehead atoms. The SMILES string of the molecule is COc1cc([C@H]2SC[C@@H]3C(=O)N(c4ccc(F)cc4)C(=O)N32)cc(OC)c1OC. The van der Waals surface area contributed by atoms with E-state index in [0.29, 0.717) is 28.7 Å². The molecule has 0 unspecified atom stereocenters. The Labute approximate surface area is 171 Å². The molecule has 2 aromatic rings. The molecule has 2 saturated heterocycles. The van der Waals surface area contributed by atoms with E-state index in [1.165, 1.54) is 57.4 Å². The van der Waals surface area contributed by atoms with E-state index in [9.17, 15) is 14.0 Å². The number of fused-ring (bicyclic) bond motifs is 1. The van der Waals surface area contributed by atoms with Crippen LogP contribution < -0.4 is 19.1 Å². The van der Waals surface area contributed by atoms with Crippen LogP contribution >= 0.6 is 11.8 Å². The molecular formula is C20H19FN2O5S. The quantitative estimate of drug-likeness (QED) is 0.693. The highest BCUT2D eigenvalue weighted by Crippen LogP contribution is 2.49. The average molecular weight is 418 g/mol. The Morgan fingerprint density at radius 1 is 1.00 bits per heavy atom. The predicted octanol–water partition coefficient (Wildman–Crippen LogP) is 3.43. The third kappa shape index (κ3) is 3.05. The lowest BCUT2D eigenvalue weighted by Crippen LogP contribution is -2.33. The zero-order valence-corrected chi connectivity index (χ0v) is 16.9. The van der Waals surface area contributed by atoms with E-state index in [2.05, 4.69) is 0 Å². The van der Waals surface area contributed by atoms with Crippen LogP contribution in [0.3, 0.4) is 0 Å². The summed E-state index contributed by atoms with van der Waals surface area (Å²) in [6.07, 6.45) is 0. The number of carbonyl (C=O) groups excluding carboxylic acids is 2. The molecule has 7 nitrogen and oxygen atoms in total. The molecule has 2 aromatic carbocycles. The third-order valence-corrected chi connectivity index (χ3v) is 6.30. The smallest absolute Gasteiger partial charge is 0.333 e. The average Bonchev–Trinajstić information content (AvgIpc) is 3.28. The Balaban J connectivity index is 1.71. The van der Waals surface area contributed by atoms with Gasteiger partial charge in [-0.05, 0) is 42.0 Å². The van der Waals surface area contributed by atoms with Gasteiger partial charge < -0.3 is 14.2 Å². The standard InChI is InChI=1S/C20H19FN2O5S/c1-26-15-8-11(9-16(27-2)17(15)28-3)19-23-14(10-29-19)18(24)22(20(23)25)13-6-4-12(21)5-7-13/h4-9,14,19H,10H2,1-3H3/t14-,19-/m1/s1. The van der Waals surface area contributed by atoms with Gasteiger partial charge in [-0.25, -0.2) is 14.1 Å². The van der Waals surface area contributed by atoms with Gasteiger partial charge in [-0.1, -0.05) is 0 Å². The van der Waals surface area contributed by atoms with Gasteiger partial charge in [0.1, 0.15) is 17.2 Å². The topological polar surface area (TPSA) is 68.3 Å². The van der Waals surface area contributed by atoms with Crippen molar-refractivity contribution in [2.24, 2.45) is 0 Å². The largest absolute Gasteiger partial charge is 0.493 e. The van der Waals surface area contributed by atoms with Crippen LogP contribution in [0.15, 0.2) is 36.4 Å². The van der Waals surface area contributed by atoms with Crippen molar-refractivity contribution in [1.29, 1.82) is 0 Å². The summed E-state index contributed by atoms with van der Waals surface area (Å²) >= 11 is 1.49. The van der Waals surface area contributed by atoms with Gasteiger partial charge in [-0.3, -0.25) is 9.69 Å². The first-order valence-electron chi connectivity index (χ1n) is 8.83. The molecule has 2 aliphatic heterocycles. The lowest BCUT2D eigenvalue weighted by Gasteiger charge is -2.24. The highest BCUT2D eigenvalue weighted by molar-refractivity contribution is 7.99. The van der Waals surface area contributed by atoms with E-state index in [4.69, 9.17) is 14.2 Å². The Morgan fingerprint density at radius 2 is 1.62 bits per heavy atom. The van der Waals surface area contributed by atoms with Crippen molar-refractivity contribution >= 4 is 29.4 Å². The maximum Gasteiger partial charge on any atom is 0.333 e. The highest BCUT2D eigenvalue weighted by atomic mass is 32.2. The lowest BCUT2D eigenvalue weighted by atomic mass is 10.1. The number of hydrogen-bond donors (Lipinski definition) is 0. The molecule has 2 atom stereocenters. The summed E-state index contributed by atoms with van der Waals surface area (Å²) in [6.45, 7) is 0. The summed E-state index contributed by atoms with van der Waals surface area (Å²) in [5.74, 6) is 1.11. The van der Waals surface area contributed by atoms with E-state index in [1.54, 1.807) is 17.0 Å². The predicted molar refractivity (Wildman–Crippen MR) is 106 cm³/mol. The molecular weight excluding hydrogens is 399 g/mol. The number of urea groups is 1. The number of carbonyl (C=O) groups is 2.